The largest absolute Gasteiger partial charge is 0.365 e. The van der Waals surface area contributed by atoms with Crippen molar-refractivity contribution >= 4 is 16.8 Å². The van der Waals surface area contributed by atoms with E-state index in [9.17, 15) is 9.59 Å². The number of rotatable bonds is 6. The van der Waals surface area contributed by atoms with E-state index in [0.717, 1.165) is 5.39 Å². The quantitative estimate of drug-likeness (QED) is 0.661. The predicted molar refractivity (Wildman–Crippen MR) is 103 cm³/mol. The highest BCUT2D eigenvalue weighted by atomic mass is 16.5. The molecule has 1 aromatic carbocycles. The summed E-state index contributed by atoms with van der Waals surface area (Å²) >= 11 is 0. The minimum absolute atomic E-state index is 0.0620. The Balaban J connectivity index is 1.25. The van der Waals surface area contributed by atoms with Crippen LogP contribution in [0.5, 0.6) is 0 Å². The Morgan fingerprint density at radius 2 is 2.17 bits per heavy atom. The van der Waals surface area contributed by atoms with Gasteiger partial charge in [0.25, 0.3) is 11.4 Å². The molecular formula is C19H22N6O4. The van der Waals surface area contributed by atoms with Gasteiger partial charge in [0, 0.05) is 11.4 Å². The van der Waals surface area contributed by atoms with Gasteiger partial charge in [-0.25, -0.2) is 9.48 Å². The minimum Gasteiger partial charge on any atom is -0.365 e. The van der Waals surface area contributed by atoms with Gasteiger partial charge in [-0.05, 0) is 19.9 Å². The fraction of sp³-hybridized carbons (Fsp3) is 0.421. The van der Waals surface area contributed by atoms with Gasteiger partial charge in [-0.3, -0.25) is 4.79 Å². The second-order valence-electron chi connectivity index (χ2n) is 7.14. The van der Waals surface area contributed by atoms with Crippen LogP contribution >= 0.6 is 0 Å². The van der Waals surface area contributed by atoms with Crippen LogP contribution in [0.15, 0.2) is 39.8 Å². The molecule has 1 N–H and O–H groups in total. The first-order valence-electron chi connectivity index (χ1n) is 9.40. The van der Waals surface area contributed by atoms with E-state index >= 15 is 0 Å². The van der Waals surface area contributed by atoms with Crippen molar-refractivity contribution in [1.82, 2.24) is 30.1 Å². The van der Waals surface area contributed by atoms with Crippen molar-refractivity contribution in [2.24, 2.45) is 0 Å². The summed E-state index contributed by atoms with van der Waals surface area (Å²) in [6.07, 6.45) is 1.60. The van der Waals surface area contributed by atoms with Crippen LogP contribution in [0.3, 0.4) is 0 Å². The number of hydrogen-bond donors (Lipinski definition) is 1. The molecule has 152 valence electrons. The van der Waals surface area contributed by atoms with Gasteiger partial charge in [0.1, 0.15) is 6.61 Å². The van der Waals surface area contributed by atoms with Crippen molar-refractivity contribution in [3.05, 3.63) is 52.5 Å². The maximum Gasteiger partial charge on any atom is 0.317 e. The van der Waals surface area contributed by atoms with E-state index in [4.69, 9.17) is 9.26 Å². The number of hydrogen-bond acceptors (Lipinski definition) is 7. The van der Waals surface area contributed by atoms with Gasteiger partial charge in [0.2, 0.25) is 0 Å². The summed E-state index contributed by atoms with van der Waals surface area (Å²) < 4.78 is 12.0. The zero-order valence-corrected chi connectivity index (χ0v) is 16.2. The Morgan fingerprint density at radius 1 is 1.38 bits per heavy atom. The summed E-state index contributed by atoms with van der Waals surface area (Å²) in [7, 11) is 0. The number of amides is 2. The van der Waals surface area contributed by atoms with Gasteiger partial charge in [-0.1, -0.05) is 23.4 Å². The van der Waals surface area contributed by atoms with Crippen molar-refractivity contribution in [2.75, 3.05) is 13.1 Å². The lowest BCUT2D eigenvalue weighted by molar-refractivity contribution is -0.0519. The number of nitrogens with one attached hydrogen (secondary N) is 1. The van der Waals surface area contributed by atoms with Gasteiger partial charge in [-0.2, -0.15) is 10.1 Å². The van der Waals surface area contributed by atoms with E-state index < -0.39 is 0 Å². The maximum atomic E-state index is 12.5. The Kier molecular flexibility index (Phi) is 5.26. The van der Waals surface area contributed by atoms with E-state index in [1.54, 1.807) is 24.1 Å². The first-order valence-corrected chi connectivity index (χ1v) is 9.40. The Bertz CT molecular complexity index is 1070. The molecule has 2 aromatic heterocycles. The molecule has 2 amide bonds. The molecule has 1 unspecified atom stereocenters. The molecule has 0 bridgehead atoms. The normalized spacial score (nSPS) is 15.3. The van der Waals surface area contributed by atoms with Gasteiger partial charge in [0.15, 0.2) is 5.82 Å². The molecule has 29 heavy (non-hydrogen) atoms. The zero-order valence-electron chi connectivity index (χ0n) is 16.2. The Labute approximate surface area is 166 Å². The standard InChI is InChI=1S/C19H22N6O4/c1-12(8-25-18(26)16-6-4-3-5-14(16)7-20-25)21-19(27)24-9-15(10-24)28-11-17-22-13(2)23-29-17/h3-7,12,15H,8-11H2,1-2H3,(H,21,27). The fourth-order valence-corrected chi connectivity index (χ4v) is 3.16. The molecule has 3 aromatic rings. The summed E-state index contributed by atoms with van der Waals surface area (Å²) in [5, 5.41) is 12.2. The number of carbonyl (C=O) groups excluding carboxylic acids is 1. The molecule has 0 aliphatic carbocycles. The van der Waals surface area contributed by atoms with Crippen molar-refractivity contribution in [3.63, 3.8) is 0 Å². The maximum absolute atomic E-state index is 12.5. The van der Waals surface area contributed by atoms with Crippen molar-refractivity contribution < 1.29 is 14.1 Å². The number of benzene rings is 1. The van der Waals surface area contributed by atoms with Crippen LogP contribution in [0.25, 0.3) is 10.8 Å². The van der Waals surface area contributed by atoms with Gasteiger partial charge in [-0.15, -0.1) is 0 Å². The lowest BCUT2D eigenvalue weighted by atomic mass is 10.2. The van der Waals surface area contributed by atoms with Crippen molar-refractivity contribution in [3.8, 4) is 0 Å². The molecule has 0 spiro atoms. The molecule has 1 fully saturated rings. The molecule has 4 rings (SSSR count). The number of nitrogens with zero attached hydrogens (tertiary/aromatic N) is 5. The topological polar surface area (TPSA) is 115 Å². The van der Waals surface area contributed by atoms with Crippen LogP contribution < -0.4 is 10.9 Å². The lowest BCUT2D eigenvalue weighted by Gasteiger charge is -2.39. The Morgan fingerprint density at radius 3 is 2.93 bits per heavy atom. The molecule has 10 nitrogen and oxygen atoms in total. The number of likely N-dealkylation sites (tertiary alicyclic amines) is 1. The van der Waals surface area contributed by atoms with E-state index in [2.05, 4.69) is 20.6 Å². The molecule has 0 saturated carbocycles. The number of ether oxygens (including phenoxy) is 1. The summed E-state index contributed by atoms with van der Waals surface area (Å²) in [5.41, 5.74) is -0.169. The van der Waals surface area contributed by atoms with Gasteiger partial charge >= 0.3 is 6.03 Å². The smallest absolute Gasteiger partial charge is 0.317 e. The van der Waals surface area contributed by atoms with Crippen LogP contribution in [0, 0.1) is 6.92 Å². The SMILES string of the molecule is Cc1noc(COC2CN(C(=O)NC(C)Cn3ncc4ccccc4c3=O)C2)n1. The van der Waals surface area contributed by atoms with Crippen LogP contribution in [0.4, 0.5) is 4.79 Å². The van der Waals surface area contributed by atoms with Gasteiger partial charge in [0.05, 0.1) is 37.3 Å². The van der Waals surface area contributed by atoms with E-state index in [1.807, 2.05) is 25.1 Å². The number of aryl methyl sites for hydroxylation is 1. The number of urea groups is 1. The van der Waals surface area contributed by atoms with E-state index in [0.29, 0.717) is 36.7 Å². The third kappa shape index (κ3) is 4.27. The highest BCUT2D eigenvalue weighted by molar-refractivity contribution is 5.80. The highest BCUT2D eigenvalue weighted by Crippen LogP contribution is 2.14. The molecule has 0 radical (unpaired) electrons. The monoisotopic (exact) mass is 398 g/mol. The Hall–Kier alpha value is -3.27. The molecule has 1 aliphatic rings. The van der Waals surface area contributed by atoms with Gasteiger partial charge < -0.3 is 19.5 Å². The summed E-state index contributed by atoms with van der Waals surface area (Å²) in [5.74, 6) is 0.986. The van der Waals surface area contributed by atoms with E-state index in [1.165, 1.54) is 4.68 Å². The molecular weight excluding hydrogens is 376 g/mol. The van der Waals surface area contributed by atoms with Crippen molar-refractivity contribution in [1.29, 1.82) is 0 Å². The zero-order chi connectivity index (χ0) is 20.4. The van der Waals surface area contributed by atoms with Crippen molar-refractivity contribution in [2.45, 2.75) is 39.1 Å². The average Bonchev–Trinajstić information content (AvgIpc) is 3.08. The number of carbonyl (C=O) groups is 1. The third-order valence-electron chi connectivity index (χ3n) is 4.73. The lowest BCUT2D eigenvalue weighted by Crippen LogP contribution is -2.59. The number of fused-ring (bicyclic) bond motifs is 1. The second kappa shape index (κ2) is 8.00. The van der Waals surface area contributed by atoms with Crippen LogP contribution in [-0.4, -0.2) is 56.1 Å². The molecule has 10 heteroatoms. The second-order valence-corrected chi connectivity index (χ2v) is 7.14. The summed E-state index contributed by atoms with van der Waals surface area (Å²) in [6.45, 7) is 5.07. The first-order chi connectivity index (χ1) is 14.0. The molecule has 1 saturated heterocycles. The molecule has 1 atom stereocenters. The van der Waals surface area contributed by atoms with Crippen LogP contribution in [-0.2, 0) is 17.9 Å². The third-order valence-corrected chi connectivity index (χ3v) is 4.73. The summed E-state index contributed by atoms with van der Waals surface area (Å²) in [6, 6.07) is 6.86. The summed E-state index contributed by atoms with van der Waals surface area (Å²) in [4.78, 5) is 30.6. The highest BCUT2D eigenvalue weighted by Gasteiger charge is 2.32. The first kappa shape index (κ1) is 19.1. The van der Waals surface area contributed by atoms with E-state index in [-0.39, 0.29) is 30.3 Å². The molecule has 1 aliphatic heterocycles. The predicted octanol–water partition coefficient (Wildman–Crippen LogP) is 1.09. The minimum atomic E-state index is -0.254. The number of aromatic nitrogens is 4. The fourth-order valence-electron chi connectivity index (χ4n) is 3.16. The average molecular weight is 398 g/mol. The van der Waals surface area contributed by atoms with Crippen LogP contribution in [0.1, 0.15) is 18.6 Å². The van der Waals surface area contributed by atoms with Crippen LogP contribution in [0.2, 0.25) is 0 Å². The molecule has 3 heterocycles.